The number of fused-ring (bicyclic) bond motifs is 1. The summed E-state index contributed by atoms with van der Waals surface area (Å²) in [5.74, 6) is -0.601. The highest BCUT2D eigenvalue weighted by atomic mass is 35.5. The van der Waals surface area contributed by atoms with E-state index in [1.165, 1.54) is 6.08 Å². The number of rotatable bonds is 9. The molecular formula is C34H33ClN4O3. The van der Waals surface area contributed by atoms with Gasteiger partial charge < -0.3 is 19.1 Å². The first-order valence-corrected chi connectivity index (χ1v) is 14.5. The summed E-state index contributed by atoms with van der Waals surface area (Å²) in [6, 6.07) is 21.1. The van der Waals surface area contributed by atoms with Gasteiger partial charge in [-0.05, 0) is 80.3 Å². The highest BCUT2D eigenvalue weighted by Crippen LogP contribution is 2.40. The quantitative estimate of drug-likeness (QED) is 0.157. The average Bonchev–Trinajstić information content (AvgIpc) is 3.63. The smallest absolute Gasteiger partial charge is 0.340 e. The van der Waals surface area contributed by atoms with E-state index in [0.29, 0.717) is 29.2 Å². The number of carbonyl (C=O) groups is 2. The number of hydrogen-bond donors (Lipinski definition) is 0. The molecule has 0 saturated carbocycles. The summed E-state index contributed by atoms with van der Waals surface area (Å²) in [7, 11) is 0. The van der Waals surface area contributed by atoms with Crippen LogP contribution in [-0.4, -0.2) is 36.1 Å². The van der Waals surface area contributed by atoms with Crippen molar-refractivity contribution >= 4 is 45.8 Å². The van der Waals surface area contributed by atoms with Gasteiger partial charge in [0, 0.05) is 35.7 Å². The SMILES string of the molecule is C=CC(=O)N(Cc1ccc(Cl)cc1)c1cc2c(cc1N1CCCC1)c(C(=O)OCC)c(C)n2Cc1ccc(C#N)cc1. The van der Waals surface area contributed by atoms with Gasteiger partial charge in [0.15, 0.2) is 0 Å². The number of hydrogen-bond acceptors (Lipinski definition) is 5. The summed E-state index contributed by atoms with van der Waals surface area (Å²) in [5.41, 5.74) is 6.24. The molecule has 0 N–H and O–H groups in total. The van der Waals surface area contributed by atoms with Crippen molar-refractivity contribution in [2.24, 2.45) is 0 Å². The molecule has 4 aromatic rings. The molecule has 0 atom stereocenters. The molecule has 214 valence electrons. The molecule has 0 spiro atoms. The molecule has 0 bridgehead atoms. The molecule has 1 fully saturated rings. The van der Waals surface area contributed by atoms with Crippen LogP contribution in [0.4, 0.5) is 11.4 Å². The summed E-state index contributed by atoms with van der Waals surface area (Å²) in [4.78, 5) is 30.8. The van der Waals surface area contributed by atoms with Crippen LogP contribution in [0.15, 0.2) is 73.3 Å². The van der Waals surface area contributed by atoms with Gasteiger partial charge >= 0.3 is 5.97 Å². The predicted octanol–water partition coefficient (Wildman–Crippen LogP) is 7.02. The zero-order chi connectivity index (χ0) is 29.8. The molecule has 5 rings (SSSR count). The lowest BCUT2D eigenvalue weighted by atomic mass is 10.1. The summed E-state index contributed by atoms with van der Waals surface area (Å²) < 4.78 is 7.59. The largest absolute Gasteiger partial charge is 0.462 e. The topological polar surface area (TPSA) is 78.6 Å². The molecule has 8 heteroatoms. The van der Waals surface area contributed by atoms with Crippen LogP contribution in [-0.2, 0) is 22.6 Å². The normalized spacial score (nSPS) is 12.8. The monoisotopic (exact) mass is 580 g/mol. The van der Waals surface area contributed by atoms with E-state index in [4.69, 9.17) is 16.3 Å². The molecule has 2 heterocycles. The molecule has 1 aromatic heterocycles. The molecule has 1 amide bonds. The molecule has 0 unspecified atom stereocenters. The Morgan fingerprint density at radius 2 is 1.74 bits per heavy atom. The van der Waals surface area contributed by atoms with Crippen LogP contribution in [0.3, 0.4) is 0 Å². The third kappa shape index (κ3) is 5.77. The number of amides is 1. The van der Waals surface area contributed by atoms with E-state index in [-0.39, 0.29) is 18.5 Å². The fourth-order valence-electron chi connectivity index (χ4n) is 5.62. The van der Waals surface area contributed by atoms with Crippen molar-refractivity contribution in [3.8, 4) is 6.07 Å². The van der Waals surface area contributed by atoms with Gasteiger partial charge in [0.1, 0.15) is 0 Å². The van der Waals surface area contributed by atoms with Crippen LogP contribution < -0.4 is 9.80 Å². The summed E-state index contributed by atoms with van der Waals surface area (Å²) in [5, 5.41) is 10.7. The van der Waals surface area contributed by atoms with Crippen molar-refractivity contribution in [2.45, 2.75) is 39.8 Å². The number of anilines is 2. The summed E-state index contributed by atoms with van der Waals surface area (Å²) >= 11 is 6.14. The third-order valence-corrected chi connectivity index (χ3v) is 8.01. The van der Waals surface area contributed by atoms with Gasteiger partial charge in [-0.15, -0.1) is 0 Å². The average molecular weight is 581 g/mol. The van der Waals surface area contributed by atoms with Crippen molar-refractivity contribution in [3.05, 3.63) is 106 Å². The molecule has 1 aliphatic rings. The van der Waals surface area contributed by atoms with Crippen LogP contribution in [0.5, 0.6) is 0 Å². The summed E-state index contributed by atoms with van der Waals surface area (Å²) in [6.45, 7) is 10.3. The maximum Gasteiger partial charge on any atom is 0.340 e. The molecule has 1 aliphatic heterocycles. The zero-order valence-electron chi connectivity index (χ0n) is 23.9. The highest BCUT2D eigenvalue weighted by Gasteiger charge is 2.28. The van der Waals surface area contributed by atoms with Crippen molar-refractivity contribution in [1.82, 2.24) is 4.57 Å². The Morgan fingerprint density at radius 1 is 1.07 bits per heavy atom. The molecule has 42 heavy (non-hydrogen) atoms. The zero-order valence-corrected chi connectivity index (χ0v) is 24.7. The Balaban J connectivity index is 1.74. The molecule has 7 nitrogen and oxygen atoms in total. The van der Waals surface area contributed by atoms with Gasteiger partial charge in [-0.1, -0.05) is 42.4 Å². The number of benzene rings is 3. The van der Waals surface area contributed by atoms with Crippen molar-refractivity contribution in [1.29, 1.82) is 5.26 Å². The fourth-order valence-corrected chi connectivity index (χ4v) is 5.75. The van der Waals surface area contributed by atoms with Gasteiger partial charge in [0.2, 0.25) is 0 Å². The van der Waals surface area contributed by atoms with Crippen LogP contribution in [0.25, 0.3) is 10.9 Å². The Kier molecular flexibility index (Phi) is 8.65. The van der Waals surface area contributed by atoms with E-state index in [2.05, 4.69) is 22.1 Å². The van der Waals surface area contributed by atoms with E-state index in [0.717, 1.165) is 65.0 Å². The molecule has 3 aromatic carbocycles. The van der Waals surface area contributed by atoms with Crippen LogP contribution in [0, 0.1) is 18.3 Å². The van der Waals surface area contributed by atoms with Crippen molar-refractivity contribution in [3.63, 3.8) is 0 Å². The number of carbonyl (C=O) groups excluding carboxylic acids is 2. The minimum Gasteiger partial charge on any atom is -0.462 e. The lowest BCUT2D eigenvalue weighted by Gasteiger charge is -2.29. The Hall–Kier alpha value is -4.54. The van der Waals surface area contributed by atoms with E-state index in [1.807, 2.05) is 55.5 Å². The number of aromatic nitrogens is 1. The second kappa shape index (κ2) is 12.5. The van der Waals surface area contributed by atoms with Crippen LogP contribution in [0.1, 0.15) is 52.5 Å². The van der Waals surface area contributed by atoms with E-state index < -0.39 is 0 Å². The number of esters is 1. The Labute approximate surface area is 251 Å². The maximum absolute atomic E-state index is 13.4. The lowest BCUT2D eigenvalue weighted by Crippen LogP contribution is -2.31. The maximum atomic E-state index is 13.4. The minimum absolute atomic E-state index is 0.225. The first-order chi connectivity index (χ1) is 20.3. The second-order valence-electron chi connectivity index (χ2n) is 10.4. The Bertz CT molecular complexity index is 1680. The first-order valence-electron chi connectivity index (χ1n) is 14.1. The molecular weight excluding hydrogens is 548 g/mol. The second-order valence-corrected chi connectivity index (χ2v) is 10.8. The van der Waals surface area contributed by atoms with E-state index in [9.17, 15) is 14.9 Å². The fraction of sp³-hybridized carbons (Fsp3) is 0.265. The Morgan fingerprint density at radius 3 is 2.36 bits per heavy atom. The van der Waals surface area contributed by atoms with Crippen molar-refractivity contribution < 1.29 is 14.3 Å². The van der Waals surface area contributed by atoms with Crippen LogP contribution >= 0.6 is 11.6 Å². The van der Waals surface area contributed by atoms with Gasteiger partial charge in [0.05, 0.1) is 47.2 Å². The van der Waals surface area contributed by atoms with Gasteiger partial charge in [-0.2, -0.15) is 5.26 Å². The van der Waals surface area contributed by atoms with Gasteiger partial charge in [0.25, 0.3) is 5.91 Å². The number of nitriles is 1. The van der Waals surface area contributed by atoms with E-state index in [1.54, 1.807) is 24.0 Å². The highest BCUT2D eigenvalue weighted by molar-refractivity contribution is 6.30. The first kappa shape index (κ1) is 29.0. The minimum atomic E-state index is -0.376. The number of nitrogens with zero attached hydrogens (tertiary/aromatic N) is 4. The van der Waals surface area contributed by atoms with Crippen molar-refractivity contribution in [2.75, 3.05) is 29.5 Å². The number of halogens is 1. The third-order valence-electron chi connectivity index (χ3n) is 7.76. The lowest BCUT2D eigenvalue weighted by molar-refractivity contribution is -0.114. The van der Waals surface area contributed by atoms with E-state index >= 15 is 0 Å². The molecule has 1 saturated heterocycles. The number of ether oxygens (including phenoxy) is 1. The van der Waals surface area contributed by atoms with Crippen LogP contribution in [0.2, 0.25) is 5.02 Å². The predicted molar refractivity (Wildman–Crippen MR) is 167 cm³/mol. The van der Waals surface area contributed by atoms with Gasteiger partial charge in [-0.3, -0.25) is 4.79 Å². The van der Waals surface area contributed by atoms with Gasteiger partial charge in [-0.25, -0.2) is 4.79 Å². The standard InChI is InChI=1S/C34H33ClN4O3/c1-4-32(40)39(22-26-12-14-27(35)15-13-26)31-19-29-28(18-30(31)37-16-6-7-17-37)33(34(41)42-5-2)23(3)38(29)21-25-10-8-24(20-36)9-11-25/h4,8-15,18-19H,1,5-7,16-17,21-22H2,2-3H3. The molecule has 0 aliphatic carbocycles. The summed E-state index contributed by atoms with van der Waals surface area (Å²) in [6.07, 6.45) is 3.43. The molecule has 0 radical (unpaired) electrons.